The molecule has 0 aliphatic heterocycles. The topological polar surface area (TPSA) is 196 Å². The minimum atomic E-state index is -0.397. The van der Waals surface area contributed by atoms with Crippen molar-refractivity contribution in [2.45, 2.75) is 123 Å². The molecule has 0 radical (unpaired) electrons. The Bertz CT molecular complexity index is 3820. The molecule has 0 spiro atoms. The number of benzene rings is 7. The second-order valence-corrected chi connectivity index (χ2v) is 24.5. The number of rotatable bonds is 37. The van der Waals surface area contributed by atoms with Crippen LogP contribution in [0.1, 0.15) is 122 Å². The van der Waals surface area contributed by atoms with Gasteiger partial charge in [0.15, 0.2) is 0 Å². The van der Waals surface area contributed by atoms with E-state index in [1.165, 1.54) is 12.2 Å². The van der Waals surface area contributed by atoms with Gasteiger partial charge in [0, 0.05) is 35.6 Å². The third kappa shape index (κ3) is 20.6. The predicted octanol–water partition coefficient (Wildman–Crippen LogP) is 16.4. The normalized spacial score (nSPS) is 16.2. The van der Waals surface area contributed by atoms with Gasteiger partial charge >= 0.3 is 23.9 Å². The lowest BCUT2D eigenvalue weighted by Crippen LogP contribution is -2.27. The predicted molar refractivity (Wildman–Crippen MR) is 366 cm³/mol. The summed E-state index contributed by atoms with van der Waals surface area (Å²) in [6.07, 6.45) is 16.7. The molecule has 1 aromatic heterocycles. The van der Waals surface area contributed by atoms with E-state index in [9.17, 15) is 19.2 Å². The molecular weight excluding hydrogens is 1200 g/mol. The summed E-state index contributed by atoms with van der Waals surface area (Å²) in [5, 5.41) is 3.84. The van der Waals surface area contributed by atoms with Gasteiger partial charge in [0.05, 0.1) is 80.2 Å². The summed E-state index contributed by atoms with van der Waals surface area (Å²) in [5.74, 6) is 4.24. The van der Waals surface area contributed by atoms with Gasteiger partial charge in [-0.1, -0.05) is 32.2 Å². The number of hydrogen-bond donors (Lipinski definition) is 0. The van der Waals surface area contributed by atoms with Gasteiger partial charge in [-0.25, -0.2) is 19.6 Å². The molecule has 7 aromatic carbocycles. The summed E-state index contributed by atoms with van der Waals surface area (Å²) in [6, 6.07) is 40.5. The van der Waals surface area contributed by atoms with Crippen molar-refractivity contribution in [3.8, 4) is 46.0 Å². The Labute approximate surface area is 556 Å². The lowest BCUT2D eigenvalue weighted by atomic mass is 9.82. The van der Waals surface area contributed by atoms with E-state index in [1.807, 2.05) is 78.9 Å². The maximum Gasteiger partial charge on any atom is 0.330 e. The van der Waals surface area contributed by atoms with Gasteiger partial charge in [0.25, 0.3) is 0 Å². The largest absolute Gasteiger partial charge is 0.494 e. The van der Waals surface area contributed by atoms with Gasteiger partial charge in [-0.2, -0.15) is 0 Å². The first-order valence-corrected chi connectivity index (χ1v) is 33.8. The van der Waals surface area contributed by atoms with Crippen LogP contribution in [0.25, 0.3) is 43.6 Å². The number of carbonyl (C=O) groups is 4. The Morgan fingerprint density at radius 2 is 0.811 bits per heavy atom. The van der Waals surface area contributed by atoms with Crippen LogP contribution in [0, 0.1) is 23.7 Å². The van der Waals surface area contributed by atoms with Crippen molar-refractivity contribution >= 4 is 67.5 Å². The van der Waals surface area contributed by atoms with Crippen LogP contribution in [-0.4, -0.2) is 93.3 Å². The highest BCUT2D eigenvalue weighted by Crippen LogP contribution is 2.40. The van der Waals surface area contributed by atoms with Crippen LogP contribution in [0.2, 0.25) is 0 Å². The first kappa shape index (κ1) is 68.6. The number of unbranched alkanes of at least 4 members (excludes halogenated alkanes) is 6. The SMILES string of the molecule is C=CC(=O)OCCCCCCOc1ccc(OC(=O)C2CCC(COc3ccc4c5ccc(OCC6CCC(C(=O)Oc7ccc(OCCCCCCOC(=O)C=C)cc7)CC6)cc5c5nc6cc(OCc7ccc(OCCOCCC)cc7)ccc6nc5c4c3)CC2)cc1. The zero-order chi connectivity index (χ0) is 66.0. The zero-order valence-electron chi connectivity index (χ0n) is 54.6. The second kappa shape index (κ2) is 35.9. The van der Waals surface area contributed by atoms with E-state index in [0.29, 0.717) is 107 Å². The molecule has 17 heteroatoms. The summed E-state index contributed by atoms with van der Waals surface area (Å²) in [4.78, 5) is 59.8. The van der Waals surface area contributed by atoms with Crippen molar-refractivity contribution in [2.75, 3.05) is 59.5 Å². The van der Waals surface area contributed by atoms with E-state index in [1.54, 1.807) is 24.3 Å². The van der Waals surface area contributed by atoms with Crippen LogP contribution in [0.5, 0.6) is 46.0 Å². The van der Waals surface area contributed by atoms with E-state index in [2.05, 4.69) is 44.3 Å². The van der Waals surface area contributed by atoms with Crippen LogP contribution in [0.3, 0.4) is 0 Å². The molecule has 2 aliphatic carbocycles. The second-order valence-electron chi connectivity index (χ2n) is 24.5. The van der Waals surface area contributed by atoms with Crippen molar-refractivity contribution in [1.29, 1.82) is 0 Å². The van der Waals surface area contributed by atoms with Crippen LogP contribution >= 0.6 is 0 Å². The van der Waals surface area contributed by atoms with Gasteiger partial charge in [-0.05, 0) is 247 Å². The first-order valence-electron chi connectivity index (χ1n) is 33.8. The molecular formula is C78H88N2O15. The van der Waals surface area contributed by atoms with Gasteiger partial charge < -0.3 is 52.1 Å². The number of carbonyl (C=O) groups excluding carboxylic acids is 4. The van der Waals surface area contributed by atoms with Crippen molar-refractivity contribution in [3.63, 3.8) is 0 Å². The third-order valence-corrected chi connectivity index (χ3v) is 17.4. The minimum Gasteiger partial charge on any atom is -0.494 e. The number of hydrogen-bond acceptors (Lipinski definition) is 17. The highest BCUT2D eigenvalue weighted by atomic mass is 16.6. The average molecular weight is 1290 g/mol. The van der Waals surface area contributed by atoms with E-state index in [0.717, 1.165) is 164 Å². The lowest BCUT2D eigenvalue weighted by Gasteiger charge is -2.27. The van der Waals surface area contributed by atoms with Gasteiger partial charge in [-0.15, -0.1) is 0 Å². The number of nitrogens with zero attached hydrogens (tertiary/aromatic N) is 2. The standard InChI is InChI=1S/C78H88N2O15/c1-4-41-85-46-47-88-59-25-19-56(20-26-59)53-93-66-37-40-71-72(50-66)80-76-70-49-65(92-52-55-17-23-58(24-18-55)78(84)95-63-33-29-61(30-34-63)87-43-12-8-10-14-45-90-74(82)6-3)36-39-68(70)67-38-35-64(48-69(67)75(76)79-71)91-51-54-15-21-57(22-16-54)77(83)94-62-31-27-60(28-32-62)86-42-11-7-9-13-44-89-73(81)5-2/h5-6,19-20,25-40,48-50,54-55,57-58H,2-4,7-18,21-24,41-47,51-53H2,1H3. The molecule has 1 heterocycles. The maximum atomic E-state index is 13.4. The average Bonchev–Trinajstić information content (AvgIpc) is 0.734. The van der Waals surface area contributed by atoms with E-state index in [4.69, 9.17) is 62.1 Å². The molecule has 0 bridgehead atoms. The van der Waals surface area contributed by atoms with Crippen molar-refractivity contribution in [2.24, 2.45) is 23.7 Å². The zero-order valence-corrected chi connectivity index (χ0v) is 54.6. The lowest BCUT2D eigenvalue weighted by molar-refractivity contribution is -0.141. The highest BCUT2D eigenvalue weighted by molar-refractivity contribution is 6.24. The minimum absolute atomic E-state index is 0.191. The van der Waals surface area contributed by atoms with Crippen molar-refractivity contribution < 1.29 is 71.3 Å². The smallest absolute Gasteiger partial charge is 0.330 e. The maximum absolute atomic E-state index is 13.4. The number of aromatic nitrogens is 2. The van der Waals surface area contributed by atoms with Crippen molar-refractivity contribution in [3.05, 3.63) is 158 Å². The molecule has 0 saturated heterocycles. The molecule has 0 atom stereocenters. The number of fused-ring (bicyclic) bond motifs is 7. The van der Waals surface area contributed by atoms with Gasteiger partial charge in [0.2, 0.25) is 0 Å². The van der Waals surface area contributed by atoms with E-state index < -0.39 is 11.9 Å². The third-order valence-electron chi connectivity index (χ3n) is 17.4. The molecule has 95 heavy (non-hydrogen) atoms. The quantitative estimate of drug-likeness (QED) is 0.00889. The highest BCUT2D eigenvalue weighted by Gasteiger charge is 2.30. The Kier molecular flexibility index (Phi) is 25.9. The summed E-state index contributed by atoms with van der Waals surface area (Å²) < 4.78 is 64.5. The van der Waals surface area contributed by atoms with Crippen LogP contribution in [0.15, 0.2) is 153 Å². The molecule has 0 N–H and O–H groups in total. The van der Waals surface area contributed by atoms with E-state index in [-0.39, 0.29) is 35.6 Å². The molecule has 10 rings (SSSR count). The summed E-state index contributed by atoms with van der Waals surface area (Å²) in [7, 11) is 0. The fourth-order valence-corrected chi connectivity index (χ4v) is 12.0. The molecule has 0 amide bonds. The summed E-state index contributed by atoms with van der Waals surface area (Å²) in [6.45, 7) is 13.9. The molecule has 2 saturated carbocycles. The molecule has 2 aliphatic rings. The monoisotopic (exact) mass is 1290 g/mol. The molecule has 500 valence electrons. The van der Waals surface area contributed by atoms with E-state index >= 15 is 0 Å². The Morgan fingerprint density at radius 3 is 1.28 bits per heavy atom. The number of esters is 4. The summed E-state index contributed by atoms with van der Waals surface area (Å²) in [5.41, 5.74) is 3.88. The Morgan fingerprint density at radius 1 is 0.400 bits per heavy atom. The molecule has 2 fully saturated rings. The first-order chi connectivity index (χ1) is 46.6. The Hall–Kier alpha value is -9.22. The Balaban J connectivity index is 0.746. The van der Waals surface area contributed by atoms with Crippen LogP contribution in [-0.2, 0) is 40.0 Å². The van der Waals surface area contributed by atoms with Crippen molar-refractivity contribution in [1.82, 2.24) is 9.97 Å². The fourth-order valence-electron chi connectivity index (χ4n) is 12.0. The van der Waals surface area contributed by atoms with Gasteiger partial charge in [0.1, 0.15) is 59.2 Å². The van der Waals surface area contributed by atoms with Crippen LogP contribution < -0.4 is 37.9 Å². The molecule has 17 nitrogen and oxygen atoms in total. The van der Waals surface area contributed by atoms with Crippen LogP contribution in [0.4, 0.5) is 0 Å². The molecule has 8 aromatic rings. The van der Waals surface area contributed by atoms with Gasteiger partial charge in [-0.3, -0.25) is 9.59 Å². The number of ether oxygens (including phenoxy) is 11. The summed E-state index contributed by atoms with van der Waals surface area (Å²) >= 11 is 0. The fraction of sp³-hybridized carbons (Fsp3) is 0.410. The molecule has 0 unspecified atom stereocenters.